The highest BCUT2D eigenvalue weighted by Gasteiger charge is 2.34. The van der Waals surface area contributed by atoms with Crippen molar-refractivity contribution in [2.75, 3.05) is 6.54 Å². The summed E-state index contributed by atoms with van der Waals surface area (Å²) < 4.78 is 4.84. The van der Waals surface area contributed by atoms with Gasteiger partial charge >= 0.3 is 0 Å². The highest BCUT2D eigenvalue weighted by molar-refractivity contribution is 5.77. The Kier molecular flexibility index (Phi) is 4.63. The summed E-state index contributed by atoms with van der Waals surface area (Å²) in [4.78, 5) is 14.0. The summed E-state index contributed by atoms with van der Waals surface area (Å²) in [6.07, 6.45) is 7.67. The van der Waals surface area contributed by atoms with Crippen molar-refractivity contribution in [3.8, 4) is 0 Å². The number of allylic oxidation sites excluding steroid dienone is 2. The van der Waals surface area contributed by atoms with Crippen LogP contribution in [0, 0.1) is 5.41 Å². The number of aromatic nitrogens is 1. The molecular weight excluding hydrogens is 252 g/mol. The second-order valence-corrected chi connectivity index (χ2v) is 6.37. The second kappa shape index (κ2) is 6.25. The summed E-state index contributed by atoms with van der Waals surface area (Å²) in [6, 6.07) is 1.82. The molecule has 0 saturated carbocycles. The van der Waals surface area contributed by atoms with E-state index in [4.69, 9.17) is 4.52 Å². The molecule has 1 atom stereocenters. The predicted molar refractivity (Wildman–Crippen MR) is 77.9 cm³/mol. The minimum absolute atomic E-state index is 0.212. The van der Waals surface area contributed by atoms with E-state index in [-0.39, 0.29) is 11.3 Å². The number of likely N-dealkylation sites (tertiary alicyclic amines) is 1. The number of carbonyl (C=O) groups excluding carboxylic acids is 1. The van der Waals surface area contributed by atoms with Gasteiger partial charge in [0.05, 0.1) is 6.54 Å². The molecule has 2 heterocycles. The summed E-state index contributed by atoms with van der Waals surface area (Å²) in [6.45, 7) is 7.92. The Morgan fingerprint density at radius 1 is 1.55 bits per heavy atom. The average Bonchev–Trinajstić information content (AvgIpc) is 2.86. The van der Waals surface area contributed by atoms with Gasteiger partial charge in [-0.3, -0.25) is 4.79 Å². The van der Waals surface area contributed by atoms with Crippen LogP contribution in [0.2, 0.25) is 0 Å². The van der Waals surface area contributed by atoms with Gasteiger partial charge in [0, 0.05) is 19.0 Å². The first-order chi connectivity index (χ1) is 9.48. The number of hydrogen-bond acceptors (Lipinski definition) is 3. The van der Waals surface area contributed by atoms with E-state index in [1.807, 2.05) is 11.0 Å². The first-order valence-electron chi connectivity index (χ1n) is 7.29. The Morgan fingerprint density at radius 2 is 2.35 bits per heavy atom. The molecule has 1 aliphatic heterocycles. The molecule has 1 aliphatic rings. The van der Waals surface area contributed by atoms with E-state index in [2.05, 4.69) is 32.0 Å². The quantitative estimate of drug-likeness (QED) is 0.773. The number of hydrogen-bond donors (Lipinski definition) is 0. The SMILES string of the molecule is CC(C)=CCC[C@]1(C)CCC(=O)N(Cc2ccon2)C1. The zero-order valence-corrected chi connectivity index (χ0v) is 12.7. The largest absolute Gasteiger partial charge is 0.364 e. The van der Waals surface area contributed by atoms with Crippen molar-refractivity contribution in [3.05, 3.63) is 29.7 Å². The lowest BCUT2D eigenvalue weighted by molar-refractivity contribution is -0.138. The van der Waals surface area contributed by atoms with E-state index in [1.54, 1.807) is 6.26 Å². The molecule has 0 unspecified atom stereocenters. The summed E-state index contributed by atoms with van der Waals surface area (Å²) in [5.41, 5.74) is 2.40. The van der Waals surface area contributed by atoms with E-state index >= 15 is 0 Å². The van der Waals surface area contributed by atoms with Crippen LogP contribution in [0.5, 0.6) is 0 Å². The number of nitrogens with zero attached hydrogens (tertiary/aromatic N) is 2. The van der Waals surface area contributed by atoms with Gasteiger partial charge in [-0.2, -0.15) is 0 Å². The van der Waals surface area contributed by atoms with Crippen molar-refractivity contribution < 1.29 is 9.32 Å². The third-order valence-electron chi connectivity index (χ3n) is 4.01. The molecule has 0 aliphatic carbocycles. The van der Waals surface area contributed by atoms with Crippen molar-refractivity contribution in [1.29, 1.82) is 0 Å². The highest BCUT2D eigenvalue weighted by atomic mass is 16.5. The predicted octanol–water partition coefficient (Wildman–Crippen LogP) is 3.55. The van der Waals surface area contributed by atoms with Crippen LogP contribution in [0.4, 0.5) is 0 Å². The van der Waals surface area contributed by atoms with Crippen LogP contribution < -0.4 is 0 Å². The molecule has 1 saturated heterocycles. The van der Waals surface area contributed by atoms with Gasteiger partial charge in [0.25, 0.3) is 0 Å². The molecule has 0 aromatic carbocycles. The van der Waals surface area contributed by atoms with Gasteiger partial charge in [-0.05, 0) is 38.5 Å². The minimum atomic E-state index is 0.212. The number of piperidine rings is 1. The van der Waals surface area contributed by atoms with Crippen LogP contribution in [0.3, 0.4) is 0 Å². The lowest BCUT2D eigenvalue weighted by atomic mass is 9.77. The molecule has 0 spiro atoms. The van der Waals surface area contributed by atoms with Crippen LogP contribution in [-0.4, -0.2) is 22.5 Å². The summed E-state index contributed by atoms with van der Waals surface area (Å²) >= 11 is 0. The van der Waals surface area contributed by atoms with Crippen LogP contribution in [0.15, 0.2) is 28.5 Å². The van der Waals surface area contributed by atoms with Gasteiger partial charge < -0.3 is 9.42 Å². The zero-order chi connectivity index (χ0) is 14.6. The van der Waals surface area contributed by atoms with Crippen molar-refractivity contribution in [1.82, 2.24) is 10.1 Å². The van der Waals surface area contributed by atoms with E-state index in [1.165, 1.54) is 5.57 Å². The molecule has 4 nitrogen and oxygen atoms in total. The third kappa shape index (κ3) is 3.95. The van der Waals surface area contributed by atoms with E-state index in [0.717, 1.165) is 31.5 Å². The smallest absolute Gasteiger partial charge is 0.222 e. The fourth-order valence-electron chi connectivity index (χ4n) is 2.77. The molecule has 1 aromatic heterocycles. The maximum absolute atomic E-state index is 12.0. The Bertz CT molecular complexity index is 475. The van der Waals surface area contributed by atoms with Gasteiger partial charge in [0.1, 0.15) is 12.0 Å². The lowest BCUT2D eigenvalue weighted by Crippen LogP contribution is -2.44. The van der Waals surface area contributed by atoms with Crippen molar-refractivity contribution in [2.24, 2.45) is 5.41 Å². The molecule has 4 heteroatoms. The van der Waals surface area contributed by atoms with Crippen LogP contribution >= 0.6 is 0 Å². The number of carbonyl (C=O) groups is 1. The second-order valence-electron chi connectivity index (χ2n) is 6.37. The first-order valence-corrected chi connectivity index (χ1v) is 7.29. The van der Waals surface area contributed by atoms with Gasteiger partial charge in [-0.15, -0.1) is 0 Å². The Balaban J connectivity index is 1.95. The average molecular weight is 276 g/mol. The number of amides is 1. The zero-order valence-electron chi connectivity index (χ0n) is 12.7. The van der Waals surface area contributed by atoms with E-state index in [9.17, 15) is 4.79 Å². The fraction of sp³-hybridized carbons (Fsp3) is 0.625. The molecule has 0 bridgehead atoms. The normalized spacial score (nSPS) is 22.9. The standard InChI is InChI=1S/C16H24N2O2/c1-13(2)5-4-8-16(3)9-6-15(19)18(12-16)11-14-7-10-20-17-14/h5,7,10H,4,6,8-9,11-12H2,1-3H3/t16-/m1/s1. The van der Waals surface area contributed by atoms with Crippen molar-refractivity contribution >= 4 is 5.91 Å². The van der Waals surface area contributed by atoms with Crippen LogP contribution in [0.1, 0.15) is 52.1 Å². The lowest BCUT2D eigenvalue weighted by Gasteiger charge is -2.40. The molecule has 1 fully saturated rings. The Morgan fingerprint density at radius 3 is 3.00 bits per heavy atom. The summed E-state index contributed by atoms with van der Waals surface area (Å²) in [7, 11) is 0. The molecular formula is C16H24N2O2. The van der Waals surface area contributed by atoms with Crippen LogP contribution in [0.25, 0.3) is 0 Å². The maximum Gasteiger partial charge on any atom is 0.222 e. The summed E-state index contributed by atoms with van der Waals surface area (Å²) in [5, 5.41) is 3.90. The molecule has 1 amide bonds. The highest BCUT2D eigenvalue weighted by Crippen LogP contribution is 2.35. The summed E-state index contributed by atoms with van der Waals surface area (Å²) in [5.74, 6) is 0.229. The molecule has 110 valence electrons. The van der Waals surface area contributed by atoms with Crippen molar-refractivity contribution in [3.63, 3.8) is 0 Å². The molecule has 20 heavy (non-hydrogen) atoms. The molecule has 0 N–H and O–H groups in total. The fourth-order valence-corrected chi connectivity index (χ4v) is 2.77. The monoisotopic (exact) mass is 276 g/mol. The Hall–Kier alpha value is -1.58. The van der Waals surface area contributed by atoms with E-state index in [0.29, 0.717) is 13.0 Å². The van der Waals surface area contributed by atoms with Gasteiger partial charge in [0.2, 0.25) is 5.91 Å². The van der Waals surface area contributed by atoms with Crippen molar-refractivity contribution in [2.45, 2.75) is 53.0 Å². The molecule has 2 rings (SSSR count). The third-order valence-corrected chi connectivity index (χ3v) is 4.01. The van der Waals surface area contributed by atoms with Gasteiger partial charge in [0.15, 0.2) is 0 Å². The van der Waals surface area contributed by atoms with Gasteiger partial charge in [-0.25, -0.2) is 0 Å². The minimum Gasteiger partial charge on any atom is -0.364 e. The topological polar surface area (TPSA) is 46.3 Å². The number of rotatable bonds is 5. The Labute approximate surface area is 120 Å². The maximum atomic E-state index is 12.0. The van der Waals surface area contributed by atoms with Crippen LogP contribution in [-0.2, 0) is 11.3 Å². The first kappa shape index (κ1) is 14.8. The molecule has 0 radical (unpaired) electrons. The molecule has 1 aromatic rings. The van der Waals surface area contributed by atoms with E-state index < -0.39 is 0 Å². The van der Waals surface area contributed by atoms with Gasteiger partial charge in [-0.1, -0.05) is 23.7 Å².